The van der Waals surface area contributed by atoms with Crippen molar-refractivity contribution < 1.29 is 10.0 Å². The monoisotopic (exact) mass is 490 g/mol. The molecule has 0 unspecified atom stereocenters. The summed E-state index contributed by atoms with van der Waals surface area (Å²) < 4.78 is 0.900. The van der Waals surface area contributed by atoms with Gasteiger partial charge in [-0.2, -0.15) is 0 Å². The fraction of sp³-hybridized carbons (Fsp3) is 0.154. The van der Waals surface area contributed by atoms with Crippen molar-refractivity contribution >= 4 is 28.5 Å². The Balaban J connectivity index is 0.000000178. The van der Waals surface area contributed by atoms with Gasteiger partial charge in [0.25, 0.3) is 0 Å². The lowest BCUT2D eigenvalue weighted by atomic mass is 9.80. The highest BCUT2D eigenvalue weighted by atomic mass is 79.9. The molecule has 0 atom stereocenters. The smallest absolute Gasteiger partial charge is 0.423 e. The molecule has 0 saturated heterocycles. The summed E-state index contributed by atoms with van der Waals surface area (Å²) in [4.78, 5) is 8.57. The summed E-state index contributed by atoms with van der Waals surface area (Å²) in [5.74, 6) is 0. The minimum Gasteiger partial charge on any atom is -0.423 e. The highest BCUT2D eigenvalue weighted by Gasteiger charge is 2.08. The van der Waals surface area contributed by atoms with E-state index in [4.69, 9.17) is 10.0 Å². The molecule has 6 heteroatoms. The van der Waals surface area contributed by atoms with Gasteiger partial charge in [-0.3, -0.25) is 4.98 Å². The molecule has 2 heterocycles. The summed E-state index contributed by atoms with van der Waals surface area (Å²) in [6.07, 6.45) is 0. The summed E-state index contributed by atoms with van der Waals surface area (Å²) in [6.45, 7) is 7.98. The SMILES string of the molecule is Cc1cccc(-c2cccc(C)n2)c1.Cc1cccc(B(O)O)c1.Cc1cccc(Br)n1. The summed E-state index contributed by atoms with van der Waals surface area (Å²) in [6, 6.07) is 27.5. The predicted octanol–water partition coefficient (Wildman–Crippen LogP) is 5.19. The van der Waals surface area contributed by atoms with Crippen LogP contribution in [0, 0.1) is 27.7 Å². The second-order valence-electron chi connectivity index (χ2n) is 7.42. The highest BCUT2D eigenvalue weighted by molar-refractivity contribution is 9.10. The summed E-state index contributed by atoms with van der Waals surface area (Å²) in [5.41, 5.74) is 7.18. The van der Waals surface area contributed by atoms with Crippen LogP contribution >= 0.6 is 15.9 Å². The Morgan fingerprint density at radius 3 is 1.69 bits per heavy atom. The van der Waals surface area contributed by atoms with E-state index < -0.39 is 7.12 Å². The Hall–Kier alpha value is -2.80. The number of nitrogens with zero attached hydrogens (tertiary/aromatic N) is 2. The van der Waals surface area contributed by atoms with E-state index in [-0.39, 0.29) is 0 Å². The molecule has 0 radical (unpaired) electrons. The molecule has 4 aromatic rings. The zero-order chi connectivity index (χ0) is 23.5. The van der Waals surface area contributed by atoms with E-state index in [0.717, 1.165) is 27.2 Å². The lowest BCUT2D eigenvalue weighted by Gasteiger charge is -2.02. The van der Waals surface area contributed by atoms with Crippen LogP contribution in [0.4, 0.5) is 0 Å². The molecule has 0 saturated carbocycles. The van der Waals surface area contributed by atoms with Gasteiger partial charge in [-0.05, 0) is 79.4 Å². The van der Waals surface area contributed by atoms with Gasteiger partial charge in [-0.15, -0.1) is 0 Å². The fourth-order valence-electron chi connectivity index (χ4n) is 2.85. The molecule has 32 heavy (non-hydrogen) atoms. The Kier molecular flexibility index (Phi) is 10.3. The molecule has 2 aromatic carbocycles. The van der Waals surface area contributed by atoms with Gasteiger partial charge in [0.1, 0.15) is 4.60 Å². The maximum Gasteiger partial charge on any atom is 0.488 e. The van der Waals surface area contributed by atoms with Crippen molar-refractivity contribution in [2.75, 3.05) is 0 Å². The Morgan fingerprint density at radius 1 is 0.656 bits per heavy atom. The van der Waals surface area contributed by atoms with Crippen LogP contribution in [-0.4, -0.2) is 27.1 Å². The van der Waals surface area contributed by atoms with Crippen molar-refractivity contribution in [1.29, 1.82) is 0 Å². The standard InChI is InChI=1S/C13H13N.C7H9BO2.C6H6BrN/c1-10-5-3-7-12(9-10)13-8-4-6-11(2)14-13;1-6-3-2-4-7(5-6)8(9)10;1-5-3-2-4-6(7)8-5/h3-9H,1-2H3;2-5,9-10H,1H3;2-4H,1H3. The third-order valence-corrected chi connectivity index (χ3v) is 4.84. The van der Waals surface area contributed by atoms with Crippen molar-refractivity contribution in [3.8, 4) is 11.3 Å². The third-order valence-electron chi connectivity index (χ3n) is 4.40. The van der Waals surface area contributed by atoms with E-state index in [0.29, 0.717) is 5.46 Å². The van der Waals surface area contributed by atoms with Crippen LogP contribution in [0.2, 0.25) is 0 Å². The van der Waals surface area contributed by atoms with Gasteiger partial charge in [-0.25, -0.2) is 4.98 Å². The molecule has 4 nitrogen and oxygen atoms in total. The summed E-state index contributed by atoms with van der Waals surface area (Å²) in [5, 5.41) is 17.4. The molecule has 0 fully saturated rings. The fourth-order valence-corrected chi connectivity index (χ4v) is 3.28. The first-order valence-corrected chi connectivity index (χ1v) is 11.1. The van der Waals surface area contributed by atoms with Gasteiger partial charge in [0, 0.05) is 17.0 Å². The number of hydrogen-bond donors (Lipinski definition) is 2. The number of aryl methyl sites for hydroxylation is 4. The maximum atomic E-state index is 8.70. The Bertz CT molecular complexity index is 1080. The van der Waals surface area contributed by atoms with Crippen LogP contribution in [0.5, 0.6) is 0 Å². The van der Waals surface area contributed by atoms with Gasteiger partial charge in [0.2, 0.25) is 0 Å². The molecule has 2 N–H and O–H groups in total. The van der Waals surface area contributed by atoms with Crippen LogP contribution in [0.3, 0.4) is 0 Å². The molecule has 2 aromatic heterocycles. The second kappa shape index (κ2) is 12.9. The van der Waals surface area contributed by atoms with Crippen molar-refractivity contribution in [2.45, 2.75) is 27.7 Å². The first-order chi connectivity index (χ1) is 15.2. The normalized spacial score (nSPS) is 9.72. The summed E-state index contributed by atoms with van der Waals surface area (Å²) >= 11 is 3.25. The zero-order valence-electron chi connectivity index (χ0n) is 18.8. The minimum atomic E-state index is -1.35. The third kappa shape index (κ3) is 9.14. The second-order valence-corrected chi connectivity index (χ2v) is 8.24. The molecule has 0 bridgehead atoms. The Labute approximate surface area is 199 Å². The molecule has 0 amide bonds. The number of pyridine rings is 2. The lowest BCUT2D eigenvalue weighted by Crippen LogP contribution is -2.29. The zero-order valence-corrected chi connectivity index (χ0v) is 20.4. The molecule has 0 aliphatic rings. The van der Waals surface area contributed by atoms with Gasteiger partial charge >= 0.3 is 7.12 Å². The number of aromatic nitrogens is 2. The van der Waals surface area contributed by atoms with Crippen LogP contribution in [0.25, 0.3) is 11.3 Å². The van der Waals surface area contributed by atoms with Crippen LogP contribution in [-0.2, 0) is 0 Å². The average Bonchev–Trinajstić information content (AvgIpc) is 2.74. The maximum absolute atomic E-state index is 8.70. The van der Waals surface area contributed by atoms with E-state index in [1.165, 1.54) is 11.1 Å². The van der Waals surface area contributed by atoms with E-state index in [2.05, 4.69) is 57.1 Å². The number of rotatable bonds is 2. The molecular weight excluding hydrogens is 463 g/mol. The molecule has 0 aliphatic heterocycles. The first kappa shape index (κ1) is 25.5. The van der Waals surface area contributed by atoms with E-state index >= 15 is 0 Å². The van der Waals surface area contributed by atoms with Crippen molar-refractivity contribution in [3.63, 3.8) is 0 Å². The highest BCUT2D eigenvalue weighted by Crippen LogP contribution is 2.17. The molecular formula is C26H28BBrN2O2. The molecule has 4 rings (SSSR count). The van der Waals surface area contributed by atoms with Crippen LogP contribution < -0.4 is 5.46 Å². The van der Waals surface area contributed by atoms with E-state index in [1.54, 1.807) is 18.2 Å². The Morgan fingerprint density at radius 2 is 1.22 bits per heavy atom. The van der Waals surface area contributed by atoms with Gasteiger partial charge in [-0.1, -0.05) is 65.7 Å². The molecule has 0 aliphatic carbocycles. The molecule has 0 spiro atoms. The number of benzene rings is 2. The van der Waals surface area contributed by atoms with E-state index in [9.17, 15) is 0 Å². The quantitative estimate of drug-likeness (QED) is 0.299. The lowest BCUT2D eigenvalue weighted by molar-refractivity contribution is 0.425. The van der Waals surface area contributed by atoms with Crippen molar-refractivity contribution in [2.24, 2.45) is 0 Å². The largest absolute Gasteiger partial charge is 0.488 e. The predicted molar refractivity (Wildman–Crippen MR) is 137 cm³/mol. The minimum absolute atomic E-state index is 0.542. The van der Waals surface area contributed by atoms with Crippen molar-refractivity contribution in [3.05, 3.63) is 112 Å². The van der Waals surface area contributed by atoms with Crippen LogP contribution in [0.1, 0.15) is 22.5 Å². The van der Waals surface area contributed by atoms with E-state index in [1.807, 2.05) is 63.2 Å². The number of halogens is 1. The van der Waals surface area contributed by atoms with Gasteiger partial charge < -0.3 is 10.0 Å². The van der Waals surface area contributed by atoms with Gasteiger partial charge in [0.15, 0.2) is 0 Å². The summed E-state index contributed by atoms with van der Waals surface area (Å²) in [7, 11) is -1.35. The topological polar surface area (TPSA) is 66.2 Å². The number of hydrogen-bond acceptors (Lipinski definition) is 4. The first-order valence-electron chi connectivity index (χ1n) is 10.3. The van der Waals surface area contributed by atoms with Gasteiger partial charge in [0.05, 0.1) is 5.69 Å². The van der Waals surface area contributed by atoms with Crippen LogP contribution in [0.15, 0.2) is 89.5 Å². The average molecular weight is 491 g/mol. The molecule has 164 valence electrons. The van der Waals surface area contributed by atoms with Crippen molar-refractivity contribution in [1.82, 2.24) is 9.97 Å².